The predicted octanol–water partition coefficient (Wildman–Crippen LogP) is 2.09. The molecule has 0 radical (unpaired) electrons. The topological polar surface area (TPSA) is 70.9 Å². The molecule has 2 N–H and O–H groups in total. The molecule has 0 heterocycles. The molecule has 2 aromatic carbocycles. The first-order valence-electron chi connectivity index (χ1n) is 6.42. The number of ether oxygens (including phenoxy) is 1. The SMILES string of the molecule is COc1ccc(O)c(/C=N\NC(=O)Cc2ccccc2)c1. The van der Waals surface area contributed by atoms with Crippen LogP contribution >= 0.6 is 0 Å². The van der Waals surface area contributed by atoms with E-state index in [1.807, 2.05) is 30.3 Å². The van der Waals surface area contributed by atoms with E-state index in [4.69, 9.17) is 4.74 Å². The molecule has 21 heavy (non-hydrogen) atoms. The number of phenolic OH excluding ortho intramolecular Hbond substituents is 1. The molecule has 0 aliphatic heterocycles. The number of rotatable bonds is 5. The van der Waals surface area contributed by atoms with Crippen LogP contribution in [0.1, 0.15) is 11.1 Å². The van der Waals surface area contributed by atoms with Crippen LogP contribution in [-0.4, -0.2) is 24.3 Å². The number of amides is 1. The standard InChI is InChI=1S/C16H16N2O3/c1-21-14-7-8-15(19)13(10-14)11-17-18-16(20)9-12-5-3-2-4-6-12/h2-8,10-11,19H,9H2,1H3,(H,18,20)/b17-11-. The van der Waals surface area contributed by atoms with Crippen molar-refractivity contribution in [2.75, 3.05) is 7.11 Å². The summed E-state index contributed by atoms with van der Waals surface area (Å²) in [6.45, 7) is 0. The first-order valence-corrected chi connectivity index (χ1v) is 6.42. The molecule has 0 atom stereocenters. The molecule has 0 aromatic heterocycles. The Morgan fingerprint density at radius 1 is 1.29 bits per heavy atom. The molecule has 2 rings (SSSR count). The fourth-order valence-corrected chi connectivity index (χ4v) is 1.76. The van der Waals surface area contributed by atoms with E-state index in [1.165, 1.54) is 19.4 Å². The Morgan fingerprint density at radius 3 is 2.76 bits per heavy atom. The Balaban J connectivity index is 1.94. The minimum absolute atomic E-state index is 0.0665. The van der Waals surface area contributed by atoms with Gasteiger partial charge < -0.3 is 9.84 Å². The highest BCUT2D eigenvalue weighted by Crippen LogP contribution is 2.20. The number of methoxy groups -OCH3 is 1. The van der Waals surface area contributed by atoms with Crippen molar-refractivity contribution in [2.24, 2.45) is 5.10 Å². The van der Waals surface area contributed by atoms with Crippen LogP contribution in [0.25, 0.3) is 0 Å². The van der Waals surface area contributed by atoms with Crippen LogP contribution in [0.5, 0.6) is 11.5 Å². The van der Waals surface area contributed by atoms with Crippen molar-refractivity contribution in [2.45, 2.75) is 6.42 Å². The van der Waals surface area contributed by atoms with Gasteiger partial charge in [0.05, 0.1) is 19.7 Å². The number of benzene rings is 2. The van der Waals surface area contributed by atoms with E-state index in [0.29, 0.717) is 11.3 Å². The van der Waals surface area contributed by atoms with Gasteiger partial charge in [0.2, 0.25) is 5.91 Å². The number of hydrazone groups is 1. The maximum Gasteiger partial charge on any atom is 0.244 e. The van der Waals surface area contributed by atoms with Gasteiger partial charge in [-0.15, -0.1) is 0 Å². The molecule has 0 bridgehead atoms. The molecule has 0 spiro atoms. The number of carbonyl (C=O) groups is 1. The molecule has 1 amide bonds. The fraction of sp³-hybridized carbons (Fsp3) is 0.125. The maximum absolute atomic E-state index is 11.7. The average Bonchev–Trinajstić information content (AvgIpc) is 2.50. The van der Waals surface area contributed by atoms with Crippen LogP contribution < -0.4 is 10.2 Å². The lowest BCUT2D eigenvalue weighted by Gasteiger charge is -2.03. The summed E-state index contributed by atoms with van der Waals surface area (Å²) >= 11 is 0. The van der Waals surface area contributed by atoms with Crippen LogP contribution in [0.4, 0.5) is 0 Å². The van der Waals surface area contributed by atoms with E-state index >= 15 is 0 Å². The van der Waals surface area contributed by atoms with Gasteiger partial charge in [0.1, 0.15) is 11.5 Å². The van der Waals surface area contributed by atoms with E-state index in [2.05, 4.69) is 10.5 Å². The molecule has 0 unspecified atom stereocenters. The molecule has 5 nitrogen and oxygen atoms in total. The first-order chi connectivity index (χ1) is 10.2. The zero-order chi connectivity index (χ0) is 15.1. The summed E-state index contributed by atoms with van der Waals surface area (Å²) in [5.74, 6) is 0.446. The van der Waals surface area contributed by atoms with Crippen molar-refractivity contribution in [3.05, 3.63) is 59.7 Å². The molecule has 0 aliphatic rings. The van der Waals surface area contributed by atoms with Crippen molar-refractivity contribution in [1.29, 1.82) is 0 Å². The summed E-state index contributed by atoms with van der Waals surface area (Å²) in [6, 6.07) is 14.2. The lowest BCUT2D eigenvalue weighted by molar-refractivity contribution is -0.120. The van der Waals surface area contributed by atoms with Crippen LogP contribution in [0.3, 0.4) is 0 Å². The summed E-state index contributed by atoms with van der Waals surface area (Å²) in [6.07, 6.45) is 1.63. The van der Waals surface area contributed by atoms with Gasteiger partial charge in [0.25, 0.3) is 0 Å². The molecule has 5 heteroatoms. The van der Waals surface area contributed by atoms with Crippen LogP contribution in [0, 0.1) is 0 Å². The predicted molar refractivity (Wildman–Crippen MR) is 80.5 cm³/mol. The van der Waals surface area contributed by atoms with E-state index in [-0.39, 0.29) is 18.1 Å². The molecular weight excluding hydrogens is 268 g/mol. The number of hydrogen-bond donors (Lipinski definition) is 2. The second kappa shape index (κ2) is 7.09. The summed E-state index contributed by atoms with van der Waals surface area (Å²) in [5, 5.41) is 13.5. The first kappa shape index (κ1) is 14.6. The Bertz CT molecular complexity index is 639. The van der Waals surface area contributed by atoms with Crippen molar-refractivity contribution in [3.8, 4) is 11.5 Å². The number of carbonyl (C=O) groups excluding carboxylic acids is 1. The fourth-order valence-electron chi connectivity index (χ4n) is 1.76. The highest BCUT2D eigenvalue weighted by atomic mass is 16.5. The smallest absolute Gasteiger partial charge is 0.244 e. The minimum atomic E-state index is -0.222. The number of nitrogens with zero attached hydrogens (tertiary/aromatic N) is 1. The van der Waals surface area contributed by atoms with Crippen LogP contribution in [0.2, 0.25) is 0 Å². The Morgan fingerprint density at radius 2 is 2.05 bits per heavy atom. The van der Waals surface area contributed by atoms with Gasteiger partial charge in [-0.1, -0.05) is 30.3 Å². The van der Waals surface area contributed by atoms with E-state index in [9.17, 15) is 9.90 Å². The normalized spacial score (nSPS) is 10.5. The highest BCUT2D eigenvalue weighted by Gasteiger charge is 2.03. The summed E-state index contributed by atoms with van der Waals surface area (Å²) in [5.41, 5.74) is 3.80. The summed E-state index contributed by atoms with van der Waals surface area (Å²) < 4.78 is 5.06. The second-order valence-corrected chi connectivity index (χ2v) is 4.38. The number of nitrogens with one attached hydrogen (secondary N) is 1. The number of phenols is 1. The van der Waals surface area contributed by atoms with Gasteiger partial charge in [-0.25, -0.2) is 5.43 Å². The molecule has 0 saturated heterocycles. The van der Waals surface area contributed by atoms with Gasteiger partial charge in [-0.3, -0.25) is 4.79 Å². The number of aromatic hydroxyl groups is 1. The summed E-state index contributed by atoms with van der Waals surface area (Å²) in [7, 11) is 1.54. The zero-order valence-corrected chi connectivity index (χ0v) is 11.6. The number of hydrogen-bond acceptors (Lipinski definition) is 4. The third-order valence-corrected chi connectivity index (χ3v) is 2.84. The maximum atomic E-state index is 11.7. The second-order valence-electron chi connectivity index (χ2n) is 4.38. The molecule has 0 fully saturated rings. The van der Waals surface area contributed by atoms with Gasteiger partial charge in [-0.2, -0.15) is 5.10 Å². The Labute approximate surface area is 122 Å². The monoisotopic (exact) mass is 284 g/mol. The Hall–Kier alpha value is -2.82. The van der Waals surface area contributed by atoms with Gasteiger partial charge in [0, 0.05) is 5.56 Å². The van der Waals surface area contributed by atoms with E-state index in [0.717, 1.165) is 5.56 Å². The largest absolute Gasteiger partial charge is 0.507 e. The minimum Gasteiger partial charge on any atom is -0.507 e. The Kier molecular flexibility index (Phi) is 4.93. The lowest BCUT2D eigenvalue weighted by atomic mass is 10.1. The molecule has 2 aromatic rings. The molecular formula is C16H16N2O3. The third kappa shape index (κ3) is 4.35. The van der Waals surface area contributed by atoms with Crippen molar-refractivity contribution in [3.63, 3.8) is 0 Å². The van der Waals surface area contributed by atoms with Crippen LogP contribution in [-0.2, 0) is 11.2 Å². The van der Waals surface area contributed by atoms with Crippen molar-refractivity contribution < 1.29 is 14.6 Å². The van der Waals surface area contributed by atoms with Gasteiger partial charge in [0.15, 0.2) is 0 Å². The van der Waals surface area contributed by atoms with E-state index < -0.39 is 0 Å². The lowest BCUT2D eigenvalue weighted by Crippen LogP contribution is -2.19. The van der Waals surface area contributed by atoms with E-state index in [1.54, 1.807) is 12.1 Å². The third-order valence-electron chi connectivity index (χ3n) is 2.84. The zero-order valence-electron chi connectivity index (χ0n) is 11.6. The molecule has 0 aliphatic carbocycles. The quantitative estimate of drug-likeness (QED) is 0.652. The molecule has 108 valence electrons. The summed E-state index contributed by atoms with van der Waals surface area (Å²) in [4.78, 5) is 11.7. The van der Waals surface area contributed by atoms with Crippen molar-refractivity contribution in [1.82, 2.24) is 5.43 Å². The molecule has 0 saturated carbocycles. The van der Waals surface area contributed by atoms with Gasteiger partial charge >= 0.3 is 0 Å². The van der Waals surface area contributed by atoms with Gasteiger partial charge in [-0.05, 0) is 23.8 Å². The highest BCUT2D eigenvalue weighted by molar-refractivity contribution is 5.86. The van der Waals surface area contributed by atoms with Crippen LogP contribution in [0.15, 0.2) is 53.6 Å². The van der Waals surface area contributed by atoms with Crippen molar-refractivity contribution >= 4 is 12.1 Å². The average molecular weight is 284 g/mol.